The van der Waals surface area contributed by atoms with Gasteiger partial charge in [0.1, 0.15) is 9.86 Å². The predicted octanol–water partition coefficient (Wildman–Crippen LogP) is 3.81. The highest BCUT2D eigenvalue weighted by Crippen LogP contribution is 2.40. The van der Waals surface area contributed by atoms with Crippen molar-refractivity contribution in [2.45, 2.75) is 30.7 Å². The molecule has 3 aromatic rings. The molecule has 4 nitrogen and oxygen atoms in total. The summed E-state index contributed by atoms with van der Waals surface area (Å²) in [6, 6.07) is 9.97. The lowest BCUT2D eigenvalue weighted by Crippen LogP contribution is -2.13. The number of rotatable bonds is 4. The first-order valence-corrected chi connectivity index (χ1v) is 9.81. The molecule has 1 amide bonds. The molecule has 2 heterocycles. The zero-order valence-corrected chi connectivity index (χ0v) is 14.8. The topological polar surface area (TPSA) is 68.9 Å². The monoisotopic (exact) mass is 355 g/mol. The second-order valence-corrected chi connectivity index (χ2v) is 7.91. The Labute approximate surface area is 148 Å². The second kappa shape index (κ2) is 6.53. The Kier molecular flexibility index (Phi) is 4.24. The maximum atomic E-state index is 11.3. The van der Waals surface area contributed by atoms with E-state index in [1.807, 2.05) is 30.3 Å². The summed E-state index contributed by atoms with van der Waals surface area (Å²) < 4.78 is 0. The van der Waals surface area contributed by atoms with Crippen LogP contribution < -0.4 is 5.73 Å². The van der Waals surface area contributed by atoms with Crippen molar-refractivity contribution in [3.63, 3.8) is 0 Å². The molecule has 24 heavy (non-hydrogen) atoms. The van der Waals surface area contributed by atoms with Gasteiger partial charge in [-0.2, -0.15) is 0 Å². The number of benzene rings is 1. The summed E-state index contributed by atoms with van der Waals surface area (Å²) in [6.07, 6.45) is 4.65. The lowest BCUT2D eigenvalue weighted by Gasteiger charge is -2.12. The van der Waals surface area contributed by atoms with E-state index >= 15 is 0 Å². The molecule has 1 aliphatic carbocycles. The van der Waals surface area contributed by atoms with Gasteiger partial charge in [-0.15, -0.1) is 11.3 Å². The predicted molar refractivity (Wildman–Crippen MR) is 99.4 cm³/mol. The SMILES string of the molecule is NC(=O)CSc1nc(-c2ccccc2)nc2sc3c(c12)CCCC3. The van der Waals surface area contributed by atoms with Crippen LogP contribution in [0.5, 0.6) is 0 Å². The van der Waals surface area contributed by atoms with E-state index in [9.17, 15) is 4.79 Å². The molecule has 0 bridgehead atoms. The number of carbonyl (C=O) groups is 1. The molecule has 4 rings (SSSR count). The summed E-state index contributed by atoms with van der Waals surface area (Å²) in [4.78, 5) is 23.3. The Morgan fingerprint density at radius 3 is 2.75 bits per heavy atom. The summed E-state index contributed by atoms with van der Waals surface area (Å²) in [6.45, 7) is 0. The molecule has 1 aliphatic rings. The van der Waals surface area contributed by atoms with Gasteiger partial charge < -0.3 is 5.73 Å². The van der Waals surface area contributed by atoms with E-state index in [2.05, 4.69) is 0 Å². The number of fused-ring (bicyclic) bond motifs is 3. The zero-order chi connectivity index (χ0) is 16.5. The van der Waals surface area contributed by atoms with Gasteiger partial charge in [0.25, 0.3) is 0 Å². The largest absolute Gasteiger partial charge is 0.369 e. The lowest BCUT2D eigenvalue weighted by molar-refractivity contribution is -0.115. The smallest absolute Gasteiger partial charge is 0.227 e. The standard InChI is InChI=1S/C18H17N3OS2/c19-14(22)10-23-17-15-12-8-4-5-9-13(12)24-18(15)21-16(20-17)11-6-2-1-3-7-11/h1-3,6-7H,4-5,8-10H2,(H2,19,22). The van der Waals surface area contributed by atoms with Crippen molar-refractivity contribution < 1.29 is 4.79 Å². The van der Waals surface area contributed by atoms with Gasteiger partial charge in [-0.3, -0.25) is 4.79 Å². The molecule has 0 radical (unpaired) electrons. The van der Waals surface area contributed by atoms with Gasteiger partial charge in [0.15, 0.2) is 5.82 Å². The number of nitrogens with zero attached hydrogens (tertiary/aromatic N) is 2. The molecule has 0 saturated carbocycles. The fraction of sp³-hybridized carbons (Fsp3) is 0.278. The Hall–Kier alpha value is -1.92. The highest BCUT2D eigenvalue weighted by atomic mass is 32.2. The van der Waals surface area contributed by atoms with E-state index in [1.165, 1.54) is 35.0 Å². The molecule has 2 aromatic heterocycles. The molecular formula is C18H17N3OS2. The van der Waals surface area contributed by atoms with Crippen LogP contribution in [-0.2, 0) is 17.6 Å². The van der Waals surface area contributed by atoms with Crippen molar-refractivity contribution in [3.05, 3.63) is 40.8 Å². The van der Waals surface area contributed by atoms with Gasteiger partial charge >= 0.3 is 0 Å². The molecular weight excluding hydrogens is 338 g/mol. The Morgan fingerprint density at radius 1 is 1.17 bits per heavy atom. The fourth-order valence-electron chi connectivity index (χ4n) is 3.08. The molecule has 0 saturated heterocycles. The highest BCUT2D eigenvalue weighted by Gasteiger charge is 2.22. The minimum Gasteiger partial charge on any atom is -0.369 e. The van der Waals surface area contributed by atoms with Crippen molar-refractivity contribution in [2.75, 3.05) is 5.75 Å². The second-order valence-electron chi connectivity index (χ2n) is 5.86. The first kappa shape index (κ1) is 15.6. The van der Waals surface area contributed by atoms with Crippen molar-refractivity contribution in [3.8, 4) is 11.4 Å². The van der Waals surface area contributed by atoms with Crippen molar-refractivity contribution in [2.24, 2.45) is 5.73 Å². The highest BCUT2D eigenvalue weighted by molar-refractivity contribution is 8.00. The summed E-state index contributed by atoms with van der Waals surface area (Å²) >= 11 is 3.20. The van der Waals surface area contributed by atoms with Gasteiger partial charge in [-0.25, -0.2) is 9.97 Å². The Bertz CT molecular complexity index is 906. The quantitative estimate of drug-likeness (QED) is 0.571. The van der Waals surface area contributed by atoms with E-state index in [1.54, 1.807) is 11.3 Å². The minimum atomic E-state index is -0.322. The number of amides is 1. The van der Waals surface area contributed by atoms with E-state index in [4.69, 9.17) is 15.7 Å². The van der Waals surface area contributed by atoms with Crippen LogP contribution >= 0.6 is 23.1 Å². The first-order valence-electron chi connectivity index (χ1n) is 8.01. The van der Waals surface area contributed by atoms with Crippen LogP contribution in [0.3, 0.4) is 0 Å². The first-order chi connectivity index (χ1) is 11.7. The molecule has 0 unspecified atom stereocenters. The van der Waals surface area contributed by atoms with E-state index in [-0.39, 0.29) is 11.7 Å². The number of primary amides is 1. The number of thiophene rings is 1. The normalized spacial score (nSPS) is 13.8. The summed E-state index contributed by atoms with van der Waals surface area (Å²) in [7, 11) is 0. The molecule has 0 spiro atoms. The van der Waals surface area contributed by atoms with Crippen molar-refractivity contribution in [1.82, 2.24) is 9.97 Å². The molecule has 0 atom stereocenters. The molecule has 6 heteroatoms. The third-order valence-electron chi connectivity index (χ3n) is 4.16. The maximum Gasteiger partial charge on any atom is 0.227 e. The van der Waals surface area contributed by atoms with E-state index < -0.39 is 0 Å². The van der Waals surface area contributed by atoms with Gasteiger partial charge in [0.2, 0.25) is 5.91 Å². The van der Waals surface area contributed by atoms with Gasteiger partial charge in [0, 0.05) is 15.8 Å². The molecule has 1 aromatic carbocycles. The number of nitrogens with two attached hydrogens (primary N) is 1. The van der Waals surface area contributed by atoms with Gasteiger partial charge in [-0.1, -0.05) is 42.1 Å². The van der Waals surface area contributed by atoms with Crippen LogP contribution in [-0.4, -0.2) is 21.6 Å². The number of aryl methyl sites for hydroxylation is 2. The number of hydrogen-bond acceptors (Lipinski definition) is 5. The number of hydrogen-bond donors (Lipinski definition) is 1. The lowest BCUT2D eigenvalue weighted by atomic mass is 9.97. The average molecular weight is 355 g/mol. The van der Waals surface area contributed by atoms with Crippen molar-refractivity contribution in [1.29, 1.82) is 0 Å². The fourth-order valence-corrected chi connectivity index (χ4v) is 5.20. The van der Waals surface area contributed by atoms with Crippen LogP contribution in [0.15, 0.2) is 35.4 Å². The molecule has 0 fully saturated rings. The average Bonchev–Trinajstić information content (AvgIpc) is 2.99. The molecule has 2 N–H and O–H groups in total. The summed E-state index contributed by atoms with van der Waals surface area (Å²) in [5, 5.41) is 2.03. The number of thioether (sulfide) groups is 1. The third kappa shape index (κ3) is 2.91. The number of aromatic nitrogens is 2. The zero-order valence-electron chi connectivity index (χ0n) is 13.1. The van der Waals surface area contributed by atoms with E-state index in [0.717, 1.165) is 33.6 Å². The number of carbonyl (C=O) groups excluding carboxylic acids is 1. The van der Waals surface area contributed by atoms with Crippen LogP contribution in [0.1, 0.15) is 23.3 Å². The maximum absolute atomic E-state index is 11.3. The third-order valence-corrected chi connectivity index (χ3v) is 6.35. The molecule has 122 valence electrons. The van der Waals surface area contributed by atoms with Crippen LogP contribution in [0.25, 0.3) is 21.6 Å². The van der Waals surface area contributed by atoms with Crippen LogP contribution in [0.2, 0.25) is 0 Å². The van der Waals surface area contributed by atoms with Crippen LogP contribution in [0.4, 0.5) is 0 Å². The molecule has 0 aliphatic heterocycles. The van der Waals surface area contributed by atoms with Crippen LogP contribution in [0, 0.1) is 0 Å². The van der Waals surface area contributed by atoms with Crippen molar-refractivity contribution >= 4 is 39.2 Å². The Morgan fingerprint density at radius 2 is 1.96 bits per heavy atom. The Balaban J connectivity index is 1.89. The van der Waals surface area contributed by atoms with Gasteiger partial charge in [-0.05, 0) is 31.2 Å². The van der Waals surface area contributed by atoms with E-state index in [0.29, 0.717) is 5.82 Å². The summed E-state index contributed by atoms with van der Waals surface area (Å²) in [5.41, 5.74) is 7.72. The summed E-state index contributed by atoms with van der Waals surface area (Å²) in [5.74, 6) is 0.635. The minimum absolute atomic E-state index is 0.241. The van der Waals surface area contributed by atoms with Gasteiger partial charge in [0.05, 0.1) is 5.75 Å².